The second kappa shape index (κ2) is 5.32. The Hall–Kier alpha value is -2.92. The van der Waals surface area contributed by atoms with Gasteiger partial charge in [0.05, 0.1) is 18.4 Å². The molecule has 2 heterocycles. The molecule has 0 saturated heterocycles. The molecule has 0 radical (unpaired) electrons. The number of carbonyl (C=O) groups is 1. The van der Waals surface area contributed by atoms with Gasteiger partial charge in [0.25, 0.3) is 0 Å². The molecule has 0 aliphatic heterocycles. The van der Waals surface area contributed by atoms with Gasteiger partial charge >= 0.3 is 0 Å². The number of hydrogen-bond donors (Lipinski definition) is 1. The third-order valence-electron chi connectivity index (χ3n) is 3.92. The van der Waals surface area contributed by atoms with E-state index in [1.165, 1.54) is 6.26 Å². The summed E-state index contributed by atoms with van der Waals surface area (Å²) < 4.78 is 16.3. The third kappa shape index (κ3) is 2.13. The fourth-order valence-corrected chi connectivity index (χ4v) is 2.86. The molecule has 0 amide bonds. The summed E-state index contributed by atoms with van der Waals surface area (Å²) >= 11 is 5.98. The molecule has 2 aromatic heterocycles. The molecule has 0 aliphatic rings. The van der Waals surface area contributed by atoms with Crippen LogP contribution in [-0.4, -0.2) is 12.9 Å². The molecule has 0 aliphatic carbocycles. The molecule has 0 spiro atoms. The quantitative estimate of drug-likeness (QED) is 0.548. The van der Waals surface area contributed by atoms with Crippen LogP contribution in [0.25, 0.3) is 21.9 Å². The Kier molecular flexibility index (Phi) is 3.25. The molecule has 120 valence electrons. The van der Waals surface area contributed by atoms with Crippen molar-refractivity contribution < 1.29 is 18.4 Å². The number of furan rings is 2. The predicted molar refractivity (Wildman–Crippen MR) is 91.8 cm³/mol. The second-order valence-electron chi connectivity index (χ2n) is 5.33. The van der Waals surface area contributed by atoms with Crippen molar-refractivity contribution in [2.45, 2.75) is 0 Å². The Morgan fingerprint density at radius 2 is 1.92 bits per heavy atom. The number of nitrogen functional groups attached to an aromatic ring is 1. The van der Waals surface area contributed by atoms with Crippen molar-refractivity contribution in [1.29, 1.82) is 0 Å². The molecule has 24 heavy (non-hydrogen) atoms. The summed E-state index contributed by atoms with van der Waals surface area (Å²) in [5.41, 5.74) is 7.79. The van der Waals surface area contributed by atoms with Gasteiger partial charge in [-0.1, -0.05) is 11.6 Å². The van der Waals surface area contributed by atoms with Gasteiger partial charge in [0.15, 0.2) is 5.76 Å². The number of ether oxygens (including phenoxy) is 1. The zero-order valence-electron chi connectivity index (χ0n) is 12.6. The number of rotatable bonds is 3. The maximum absolute atomic E-state index is 12.9. The number of carbonyl (C=O) groups excluding carboxylic acids is 1. The van der Waals surface area contributed by atoms with Gasteiger partial charge in [0, 0.05) is 15.8 Å². The lowest BCUT2D eigenvalue weighted by Gasteiger charge is -2.00. The van der Waals surface area contributed by atoms with E-state index in [1.807, 2.05) is 0 Å². The smallest absolute Gasteiger partial charge is 0.234 e. The zero-order chi connectivity index (χ0) is 16.8. The number of methoxy groups -OCH3 is 1. The molecule has 4 aromatic rings. The lowest BCUT2D eigenvalue weighted by Crippen LogP contribution is -2.02. The highest BCUT2D eigenvalue weighted by Gasteiger charge is 2.23. The first-order valence-electron chi connectivity index (χ1n) is 7.16. The van der Waals surface area contributed by atoms with Crippen molar-refractivity contribution in [3.8, 4) is 5.75 Å². The van der Waals surface area contributed by atoms with Crippen LogP contribution in [-0.2, 0) is 0 Å². The average Bonchev–Trinajstić information content (AvgIpc) is 3.15. The van der Waals surface area contributed by atoms with Gasteiger partial charge < -0.3 is 19.3 Å². The van der Waals surface area contributed by atoms with E-state index >= 15 is 0 Å². The number of benzene rings is 2. The normalized spacial score (nSPS) is 11.2. The highest BCUT2D eigenvalue weighted by atomic mass is 35.5. The fourth-order valence-electron chi connectivity index (χ4n) is 2.69. The molecule has 6 heteroatoms. The van der Waals surface area contributed by atoms with Crippen LogP contribution in [0.1, 0.15) is 16.1 Å². The first-order chi connectivity index (χ1) is 11.6. The van der Waals surface area contributed by atoms with Crippen molar-refractivity contribution in [3.63, 3.8) is 0 Å². The fraction of sp³-hybridized carbons (Fsp3) is 0.0556. The molecule has 0 bridgehead atoms. The molecule has 2 N–H and O–H groups in total. The average molecular weight is 342 g/mol. The summed E-state index contributed by atoms with van der Waals surface area (Å²) in [6.07, 6.45) is 1.39. The van der Waals surface area contributed by atoms with Gasteiger partial charge in [-0.3, -0.25) is 4.79 Å². The molecule has 0 saturated carbocycles. The summed E-state index contributed by atoms with van der Waals surface area (Å²) in [4.78, 5) is 12.9. The van der Waals surface area contributed by atoms with Crippen LogP contribution in [0.15, 0.2) is 51.5 Å². The standard InChI is InChI=1S/C18H12ClNO4/c1-22-10-3-5-14-11(7-10)13(8-23-14)17(21)18-16(20)12-6-9(19)2-4-15(12)24-18/h2-8H,20H2,1H3. The number of anilines is 1. The molecule has 5 nitrogen and oxygen atoms in total. The van der Waals surface area contributed by atoms with Crippen molar-refractivity contribution in [2.24, 2.45) is 0 Å². The number of halogens is 1. The Labute approximate surface area is 141 Å². The maximum atomic E-state index is 12.9. The third-order valence-corrected chi connectivity index (χ3v) is 4.16. The van der Waals surface area contributed by atoms with Crippen LogP contribution in [0, 0.1) is 0 Å². The Morgan fingerprint density at radius 3 is 2.71 bits per heavy atom. The van der Waals surface area contributed by atoms with E-state index in [9.17, 15) is 4.79 Å². The molecular weight excluding hydrogens is 330 g/mol. The van der Waals surface area contributed by atoms with E-state index in [1.54, 1.807) is 43.5 Å². The van der Waals surface area contributed by atoms with Gasteiger partial charge in [-0.2, -0.15) is 0 Å². The Morgan fingerprint density at radius 1 is 1.12 bits per heavy atom. The highest BCUT2D eigenvalue weighted by molar-refractivity contribution is 6.31. The SMILES string of the molecule is COc1ccc2occ(C(=O)c3oc4ccc(Cl)cc4c3N)c2c1. The monoisotopic (exact) mass is 341 g/mol. The van der Waals surface area contributed by atoms with Gasteiger partial charge in [0.1, 0.15) is 23.2 Å². The van der Waals surface area contributed by atoms with Gasteiger partial charge in [-0.15, -0.1) is 0 Å². The van der Waals surface area contributed by atoms with E-state index in [2.05, 4.69) is 0 Å². The van der Waals surface area contributed by atoms with E-state index in [0.717, 1.165) is 0 Å². The number of ketones is 1. The van der Waals surface area contributed by atoms with Crippen LogP contribution in [0.5, 0.6) is 5.75 Å². The van der Waals surface area contributed by atoms with Crippen molar-refractivity contribution >= 4 is 45.0 Å². The minimum absolute atomic E-state index is 0.0674. The predicted octanol–water partition coefficient (Wildman–Crippen LogP) is 4.65. The lowest BCUT2D eigenvalue weighted by atomic mass is 10.1. The molecule has 0 atom stereocenters. The lowest BCUT2D eigenvalue weighted by molar-refractivity contribution is 0.101. The Bertz CT molecular complexity index is 1090. The van der Waals surface area contributed by atoms with Crippen LogP contribution in [0.4, 0.5) is 5.69 Å². The van der Waals surface area contributed by atoms with Gasteiger partial charge in [-0.25, -0.2) is 0 Å². The molecule has 0 unspecified atom stereocenters. The summed E-state index contributed by atoms with van der Waals surface area (Å²) in [7, 11) is 1.56. The molecular formula is C18H12ClNO4. The summed E-state index contributed by atoms with van der Waals surface area (Å²) in [5, 5.41) is 1.76. The van der Waals surface area contributed by atoms with E-state index in [-0.39, 0.29) is 17.2 Å². The number of fused-ring (bicyclic) bond motifs is 2. The topological polar surface area (TPSA) is 78.6 Å². The van der Waals surface area contributed by atoms with Gasteiger partial charge in [-0.05, 0) is 36.4 Å². The second-order valence-corrected chi connectivity index (χ2v) is 5.76. The molecule has 0 fully saturated rings. The van der Waals surface area contributed by atoms with E-state index < -0.39 is 0 Å². The van der Waals surface area contributed by atoms with Crippen molar-refractivity contribution in [3.05, 3.63) is 59.0 Å². The first-order valence-corrected chi connectivity index (χ1v) is 7.53. The summed E-state index contributed by atoms with van der Waals surface area (Å²) in [6.45, 7) is 0. The largest absolute Gasteiger partial charge is 0.497 e. The van der Waals surface area contributed by atoms with Crippen LogP contribution in [0.3, 0.4) is 0 Å². The van der Waals surface area contributed by atoms with Crippen molar-refractivity contribution in [1.82, 2.24) is 0 Å². The number of hydrogen-bond acceptors (Lipinski definition) is 5. The van der Waals surface area contributed by atoms with Crippen molar-refractivity contribution in [2.75, 3.05) is 12.8 Å². The van der Waals surface area contributed by atoms with Crippen LogP contribution in [0.2, 0.25) is 5.02 Å². The Balaban J connectivity index is 1.89. The summed E-state index contributed by atoms with van der Waals surface area (Å²) in [5.74, 6) is 0.340. The molecule has 2 aromatic carbocycles. The van der Waals surface area contributed by atoms with E-state index in [0.29, 0.717) is 38.3 Å². The summed E-state index contributed by atoms with van der Waals surface area (Å²) in [6, 6.07) is 10.3. The minimum atomic E-state index is -0.355. The number of nitrogens with two attached hydrogens (primary N) is 1. The minimum Gasteiger partial charge on any atom is -0.497 e. The van der Waals surface area contributed by atoms with Crippen LogP contribution >= 0.6 is 11.6 Å². The zero-order valence-corrected chi connectivity index (χ0v) is 13.4. The highest BCUT2D eigenvalue weighted by Crippen LogP contribution is 2.34. The van der Waals surface area contributed by atoms with Gasteiger partial charge in [0.2, 0.25) is 5.78 Å². The maximum Gasteiger partial charge on any atom is 0.234 e. The van der Waals surface area contributed by atoms with Crippen LogP contribution < -0.4 is 10.5 Å². The molecule has 4 rings (SSSR count). The van der Waals surface area contributed by atoms with E-state index in [4.69, 9.17) is 30.9 Å². The first kappa shape index (κ1) is 14.7.